The Kier molecular flexibility index (Phi) is 5.24. The number of hydrogen-bond donors (Lipinski definition) is 2. The van der Waals surface area contributed by atoms with Gasteiger partial charge in [0.05, 0.1) is 37.1 Å². The largest absolute Gasteiger partial charge is 0.480 e. The summed E-state index contributed by atoms with van der Waals surface area (Å²) >= 11 is 5.84. The van der Waals surface area contributed by atoms with Crippen molar-refractivity contribution in [2.24, 2.45) is 0 Å². The van der Waals surface area contributed by atoms with E-state index in [-0.39, 0.29) is 47.1 Å². The minimum absolute atomic E-state index is 0.0231. The van der Waals surface area contributed by atoms with Crippen molar-refractivity contribution >= 4 is 33.4 Å². The Balaban J connectivity index is 1.92. The highest BCUT2D eigenvalue weighted by Gasteiger charge is 2.24. The van der Waals surface area contributed by atoms with Crippen molar-refractivity contribution in [1.29, 1.82) is 0 Å². The Morgan fingerprint density at radius 2 is 2.15 bits per heavy atom. The van der Waals surface area contributed by atoms with Gasteiger partial charge in [0.2, 0.25) is 11.8 Å². The highest BCUT2D eigenvalue weighted by Crippen LogP contribution is 2.28. The zero-order chi connectivity index (χ0) is 19.6. The van der Waals surface area contributed by atoms with Gasteiger partial charge >= 0.3 is 6.09 Å². The van der Waals surface area contributed by atoms with Gasteiger partial charge in [0, 0.05) is 11.8 Å². The maximum Gasteiger partial charge on any atom is 0.407 e. The number of rotatable bonds is 4. The molecule has 2 aromatic rings. The minimum Gasteiger partial charge on any atom is -0.480 e. The average Bonchev–Trinajstić information content (AvgIpc) is 2.83. The van der Waals surface area contributed by atoms with Crippen molar-refractivity contribution in [3.05, 3.63) is 35.1 Å². The number of fused-ring (bicyclic) bond motifs is 1. The molecule has 3 heterocycles. The third kappa shape index (κ3) is 4.14. The second-order valence-electron chi connectivity index (χ2n) is 5.51. The molecule has 3 rings (SSSR count). The third-order valence-electron chi connectivity index (χ3n) is 3.68. The smallest absolute Gasteiger partial charge is 0.407 e. The van der Waals surface area contributed by atoms with Gasteiger partial charge in [0.15, 0.2) is 4.90 Å². The van der Waals surface area contributed by atoms with Crippen LogP contribution < -0.4 is 14.2 Å². The van der Waals surface area contributed by atoms with Crippen LogP contribution >= 0.6 is 11.6 Å². The van der Waals surface area contributed by atoms with E-state index in [1.54, 1.807) is 0 Å². The number of nitrogens with zero attached hydrogens (tertiary/aromatic N) is 3. The quantitative estimate of drug-likeness (QED) is 0.774. The molecule has 1 amide bonds. The Bertz CT molecular complexity index is 984. The molecule has 0 bridgehead atoms. The third-order valence-corrected chi connectivity index (χ3v) is 5.26. The summed E-state index contributed by atoms with van der Waals surface area (Å²) in [5.41, 5.74) is 0.568. The average molecular weight is 415 g/mol. The Morgan fingerprint density at radius 1 is 1.37 bits per heavy atom. The van der Waals surface area contributed by atoms with Crippen molar-refractivity contribution < 1.29 is 27.8 Å². The lowest BCUT2D eigenvalue weighted by Gasteiger charge is -2.15. The Morgan fingerprint density at radius 3 is 2.85 bits per heavy atom. The molecule has 0 saturated carbocycles. The summed E-state index contributed by atoms with van der Waals surface area (Å²) in [6.07, 6.45) is 1.44. The topological polar surface area (TPSA) is 131 Å². The van der Waals surface area contributed by atoms with E-state index < -0.39 is 16.1 Å². The summed E-state index contributed by atoms with van der Waals surface area (Å²) in [7, 11) is -2.79. The van der Waals surface area contributed by atoms with Gasteiger partial charge in [0.1, 0.15) is 6.61 Å². The molecule has 1 aliphatic rings. The normalized spacial score (nSPS) is 13.9. The van der Waals surface area contributed by atoms with Crippen LogP contribution in [0.5, 0.6) is 11.8 Å². The molecule has 0 aromatic carbocycles. The van der Waals surface area contributed by atoms with Crippen LogP contribution in [0.1, 0.15) is 5.56 Å². The molecule has 0 fully saturated rings. The number of sulfonamides is 1. The molecule has 0 aliphatic carbocycles. The fraction of sp³-hybridized carbons (Fsp3) is 0.267. The van der Waals surface area contributed by atoms with Crippen molar-refractivity contribution in [3.8, 4) is 11.8 Å². The lowest BCUT2D eigenvalue weighted by Crippen LogP contribution is -2.30. The zero-order valence-corrected chi connectivity index (χ0v) is 15.6. The summed E-state index contributed by atoms with van der Waals surface area (Å²) in [6, 6.07) is 2.67. The number of pyridine rings is 2. The standard InChI is InChI=1S/C15H15ClN4O6S/c1-25-14-12(5-10(16)6-17-14)27(23,24)19-11-4-9-8-20(15(21)22)2-3-26-13(9)18-7-11/h4-7,19H,2-3,8H2,1H3,(H,21,22). The zero-order valence-electron chi connectivity index (χ0n) is 14.0. The van der Waals surface area contributed by atoms with Crippen molar-refractivity contribution in [2.45, 2.75) is 11.4 Å². The summed E-state index contributed by atoms with van der Waals surface area (Å²) < 4.78 is 38.1. The van der Waals surface area contributed by atoms with Gasteiger partial charge in [-0.15, -0.1) is 0 Å². The van der Waals surface area contributed by atoms with Crippen molar-refractivity contribution in [1.82, 2.24) is 14.9 Å². The van der Waals surface area contributed by atoms with Gasteiger partial charge in [-0.05, 0) is 12.1 Å². The predicted octanol–water partition coefficient (Wildman–Crippen LogP) is 1.81. The molecule has 10 nitrogen and oxygen atoms in total. The van der Waals surface area contributed by atoms with Crippen LogP contribution in [0.15, 0.2) is 29.4 Å². The van der Waals surface area contributed by atoms with Crippen LogP contribution in [0.2, 0.25) is 5.02 Å². The van der Waals surface area contributed by atoms with Crippen LogP contribution in [-0.4, -0.2) is 54.7 Å². The maximum absolute atomic E-state index is 12.7. The molecular weight excluding hydrogens is 400 g/mol. The molecular formula is C15H15ClN4O6S. The number of nitrogens with one attached hydrogen (secondary N) is 1. The minimum atomic E-state index is -4.08. The maximum atomic E-state index is 12.7. The second-order valence-corrected chi connectivity index (χ2v) is 7.59. The second kappa shape index (κ2) is 7.45. The monoisotopic (exact) mass is 414 g/mol. The van der Waals surface area contributed by atoms with Gasteiger partial charge < -0.3 is 19.5 Å². The van der Waals surface area contributed by atoms with Gasteiger partial charge in [-0.1, -0.05) is 11.6 Å². The molecule has 27 heavy (non-hydrogen) atoms. The number of carboxylic acid groups (broad SMARTS) is 1. The summed E-state index contributed by atoms with van der Waals surface area (Å²) in [5.74, 6) is 0.138. The van der Waals surface area contributed by atoms with E-state index in [4.69, 9.17) is 21.1 Å². The molecule has 12 heteroatoms. The van der Waals surface area contributed by atoms with Crippen LogP contribution in [0.4, 0.5) is 10.5 Å². The lowest BCUT2D eigenvalue weighted by molar-refractivity contribution is 0.137. The number of anilines is 1. The van der Waals surface area contributed by atoms with E-state index in [0.29, 0.717) is 5.56 Å². The first kappa shape index (κ1) is 19.0. The fourth-order valence-electron chi connectivity index (χ4n) is 2.46. The van der Waals surface area contributed by atoms with Crippen molar-refractivity contribution in [2.75, 3.05) is 25.0 Å². The predicted molar refractivity (Wildman–Crippen MR) is 94.8 cm³/mol. The van der Waals surface area contributed by atoms with Gasteiger partial charge in [-0.25, -0.2) is 23.2 Å². The van der Waals surface area contributed by atoms with E-state index >= 15 is 0 Å². The number of methoxy groups -OCH3 is 1. The van der Waals surface area contributed by atoms with Gasteiger partial charge in [0.25, 0.3) is 10.0 Å². The number of halogens is 1. The molecule has 0 unspecified atom stereocenters. The lowest BCUT2D eigenvalue weighted by atomic mass is 10.2. The molecule has 0 atom stereocenters. The molecule has 144 valence electrons. The van der Waals surface area contributed by atoms with E-state index in [1.165, 1.54) is 31.6 Å². The van der Waals surface area contributed by atoms with Crippen LogP contribution in [0.3, 0.4) is 0 Å². The highest BCUT2D eigenvalue weighted by molar-refractivity contribution is 7.92. The molecule has 0 saturated heterocycles. The molecule has 1 aliphatic heterocycles. The van der Waals surface area contributed by atoms with Crippen LogP contribution in [0.25, 0.3) is 0 Å². The summed E-state index contributed by atoms with van der Waals surface area (Å²) in [6.45, 7) is 0.357. The Labute approximate surface area is 159 Å². The summed E-state index contributed by atoms with van der Waals surface area (Å²) in [5, 5.41) is 9.31. The SMILES string of the molecule is COc1ncc(Cl)cc1S(=O)(=O)Nc1cnc2c(c1)CN(C(=O)O)CCO2. The molecule has 2 aromatic heterocycles. The fourth-order valence-corrected chi connectivity index (χ4v) is 3.86. The van der Waals surface area contributed by atoms with Crippen LogP contribution in [0, 0.1) is 0 Å². The highest BCUT2D eigenvalue weighted by atomic mass is 35.5. The van der Waals surface area contributed by atoms with E-state index in [1.807, 2.05) is 0 Å². The number of ether oxygens (including phenoxy) is 2. The first-order chi connectivity index (χ1) is 12.8. The van der Waals surface area contributed by atoms with Gasteiger partial charge in [-0.3, -0.25) is 4.72 Å². The number of amides is 1. The number of hydrogen-bond acceptors (Lipinski definition) is 7. The first-order valence-electron chi connectivity index (χ1n) is 7.62. The van der Waals surface area contributed by atoms with E-state index in [9.17, 15) is 18.3 Å². The molecule has 0 spiro atoms. The Hall–Kier alpha value is -2.79. The van der Waals surface area contributed by atoms with Crippen molar-refractivity contribution in [3.63, 3.8) is 0 Å². The van der Waals surface area contributed by atoms with Gasteiger partial charge in [-0.2, -0.15) is 0 Å². The number of carbonyl (C=O) groups is 1. The number of aromatic nitrogens is 2. The first-order valence-corrected chi connectivity index (χ1v) is 9.48. The van der Waals surface area contributed by atoms with Crippen LogP contribution in [-0.2, 0) is 16.6 Å². The molecule has 2 N–H and O–H groups in total. The molecule has 0 radical (unpaired) electrons. The van der Waals surface area contributed by atoms with E-state index in [0.717, 1.165) is 4.90 Å². The van der Waals surface area contributed by atoms with E-state index in [2.05, 4.69) is 14.7 Å². The summed E-state index contributed by atoms with van der Waals surface area (Å²) in [4.78, 5) is 20.0.